The molecule has 0 bridgehead atoms. The predicted molar refractivity (Wildman–Crippen MR) is 97.9 cm³/mol. The van der Waals surface area contributed by atoms with Crippen molar-refractivity contribution in [1.29, 1.82) is 0 Å². The molecule has 0 radical (unpaired) electrons. The SMILES string of the molecule is CCCC(Cl)CCCCCCNc1ccnc2ccccc12. The van der Waals surface area contributed by atoms with Crippen molar-refractivity contribution < 1.29 is 0 Å². The quantitative estimate of drug-likeness (QED) is 0.429. The Morgan fingerprint density at radius 3 is 2.73 bits per heavy atom. The summed E-state index contributed by atoms with van der Waals surface area (Å²) in [6.45, 7) is 3.22. The molecule has 2 aromatic rings. The third kappa shape index (κ3) is 5.49. The minimum Gasteiger partial charge on any atom is -0.384 e. The van der Waals surface area contributed by atoms with Crippen LogP contribution in [0, 0.1) is 0 Å². The van der Waals surface area contributed by atoms with Crippen molar-refractivity contribution in [3.05, 3.63) is 36.5 Å². The van der Waals surface area contributed by atoms with E-state index in [0.717, 1.165) is 24.9 Å². The third-order valence-electron chi connectivity index (χ3n) is 4.01. The molecule has 1 aromatic carbocycles. The van der Waals surface area contributed by atoms with E-state index in [2.05, 4.69) is 41.5 Å². The molecule has 1 N–H and O–H groups in total. The molecule has 1 atom stereocenters. The zero-order valence-electron chi connectivity index (χ0n) is 13.5. The smallest absolute Gasteiger partial charge is 0.0722 e. The number of hydrogen-bond donors (Lipinski definition) is 1. The standard InChI is InChI=1S/C19H27ClN2/c1-2-9-16(20)10-5-3-4-8-14-21-19-13-15-22-18-12-7-6-11-17(18)19/h6-7,11-13,15-16H,2-5,8-10,14H2,1H3,(H,21,22). The normalized spacial score (nSPS) is 12.5. The maximum Gasteiger partial charge on any atom is 0.0722 e. The number of nitrogens with zero attached hydrogens (tertiary/aromatic N) is 1. The van der Waals surface area contributed by atoms with Crippen LogP contribution in [0.2, 0.25) is 0 Å². The number of aromatic nitrogens is 1. The summed E-state index contributed by atoms with van der Waals surface area (Å²) in [5.74, 6) is 0. The molecule has 0 aliphatic heterocycles. The summed E-state index contributed by atoms with van der Waals surface area (Å²) in [4.78, 5) is 4.39. The van der Waals surface area contributed by atoms with Gasteiger partial charge >= 0.3 is 0 Å². The van der Waals surface area contributed by atoms with E-state index < -0.39 is 0 Å². The number of halogens is 1. The Bertz CT molecular complexity index is 551. The van der Waals surface area contributed by atoms with E-state index in [1.54, 1.807) is 0 Å². The molecule has 0 aliphatic carbocycles. The number of para-hydroxylation sites is 1. The summed E-state index contributed by atoms with van der Waals surface area (Å²) >= 11 is 6.24. The molecule has 1 unspecified atom stereocenters. The van der Waals surface area contributed by atoms with Crippen LogP contribution in [-0.2, 0) is 0 Å². The highest BCUT2D eigenvalue weighted by molar-refractivity contribution is 6.20. The van der Waals surface area contributed by atoms with Crippen molar-refractivity contribution >= 4 is 28.2 Å². The fourth-order valence-electron chi connectivity index (χ4n) is 2.78. The topological polar surface area (TPSA) is 24.9 Å². The van der Waals surface area contributed by atoms with E-state index in [0.29, 0.717) is 5.38 Å². The fraction of sp³-hybridized carbons (Fsp3) is 0.526. The van der Waals surface area contributed by atoms with Crippen LogP contribution in [0.5, 0.6) is 0 Å². The lowest BCUT2D eigenvalue weighted by molar-refractivity contribution is 0.586. The van der Waals surface area contributed by atoms with Gasteiger partial charge in [0, 0.05) is 29.2 Å². The van der Waals surface area contributed by atoms with Gasteiger partial charge in [0.2, 0.25) is 0 Å². The van der Waals surface area contributed by atoms with Crippen LogP contribution >= 0.6 is 11.6 Å². The van der Waals surface area contributed by atoms with Crippen molar-refractivity contribution in [2.24, 2.45) is 0 Å². The Kier molecular flexibility index (Phi) is 7.51. The minimum atomic E-state index is 0.381. The second-order valence-electron chi connectivity index (χ2n) is 5.89. The van der Waals surface area contributed by atoms with Gasteiger partial charge in [0.1, 0.15) is 0 Å². The molecule has 1 aromatic heterocycles. The monoisotopic (exact) mass is 318 g/mol. The molecular weight excluding hydrogens is 292 g/mol. The molecule has 0 amide bonds. The maximum absolute atomic E-state index is 6.24. The van der Waals surface area contributed by atoms with Crippen molar-refractivity contribution in [3.63, 3.8) is 0 Å². The number of pyridine rings is 1. The highest BCUT2D eigenvalue weighted by Gasteiger charge is 2.03. The molecule has 2 nitrogen and oxygen atoms in total. The summed E-state index contributed by atoms with van der Waals surface area (Å²) in [6, 6.07) is 10.3. The van der Waals surface area contributed by atoms with Crippen molar-refractivity contribution in [2.45, 2.75) is 57.2 Å². The molecule has 0 aliphatic rings. The summed E-state index contributed by atoms with van der Waals surface area (Å²) in [7, 11) is 0. The Morgan fingerprint density at radius 1 is 1.05 bits per heavy atom. The first-order valence-corrected chi connectivity index (χ1v) is 8.96. The molecule has 0 saturated heterocycles. The highest BCUT2D eigenvalue weighted by Crippen LogP contribution is 2.21. The van der Waals surface area contributed by atoms with E-state index >= 15 is 0 Å². The lowest BCUT2D eigenvalue weighted by Crippen LogP contribution is -2.02. The Balaban J connectivity index is 1.64. The van der Waals surface area contributed by atoms with E-state index in [4.69, 9.17) is 11.6 Å². The van der Waals surface area contributed by atoms with Gasteiger partial charge in [-0.1, -0.05) is 50.8 Å². The van der Waals surface area contributed by atoms with Crippen LogP contribution < -0.4 is 5.32 Å². The molecule has 3 heteroatoms. The molecule has 2 rings (SSSR count). The van der Waals surface area contributed by atoms with E-state index in [-0.39, 0.29) is 0 Å². The molecular formula is C19H27ClN2. The van der Waals surface area contributed by atoms with Crippen molar-refractivity contribution in [2.75, 3.05) is 11.9 Å². The summed E-state index contributed by atoms with van der Waals surface area (Å²) in [6.07, 6.45) is 10.4. The molecule has 0 spiro atoms. The van der Waals surface area contributed by atoms with E-state index in [9.17, 15) is 0 Å². The van der Waals surface area contributed by atoms with Gasteiger partial charge in [-0.05, 0) is 31.4 Å². The lowest BCUT2D eigenvalue weighted by Gasteiger charge is -2.10. The van der Waals surface area contributed by atoms with E-state index in [1.165, 1.54) is 43.2 Å². The van der Waals surface area contributed by atoms with Crippen LogP contribution in [0.3, 0.4) is 0 Å². The first kappa shape index (κ1) is 17.1. The van der Waals surface area contributed by atoms with Gasteiger partial charge in [-0.15, -0.1) is 11.6 Å². The highest BCUT2D eigenvalue weighted by atomic mass is 35.5. The van der Waals surface area contributed by atoms with Gasteiger partial charge in [-0.2, -0.15) is 0 Å². The Morgan fingerprint density at radius 2 is 1.86 bits per heavy atom. The second-order valence-corrected chi connectivity index (χ2v) is 6.51. The molecule has 0 fully saturated rings. The number of hydrogen-bond acceptors (Lipinski definition) is 2. The average molecular weight is 319 g/mol. The van der Waals surface area contributed by atoms with Gasteiger partial charge in [0.25, 0.3) is 0 Å². The first-order chi connectivity index (χ1) is 10.8. The Hall–Kier alpha value is -1.28. The number of rotatable bonds is 10. The largest absolute Gasteiger partial charge is 0.384 e. The van der Waals surface area contributed by atoms with Gasteiger partial charge in [0.05, 0.1) is 5.52 Å². The number of unbranched alkanes of at least 4 members (excludes halogenated alkanes) is 3. The average Bonchev–Trinajstić information content (AvgIpc) is 2.54. The number of alkyl halides is 1. The zero-order valence-corrected chi connectivity index (χ0v) is 14.3. The van der Waals surface area contributed by atoms with Crippen LogP contribution in [-0.4, -0.2) is 16.9 Å². The van der Waals surface area contributed by atoms with Crippen LogP contribution in [0.15, 0.2) is 36.5 Å². The van der Waals surface area contributed by atoms with Crippen molar-refractivity contribution in [3.8, 4) is 0 Å². The fourth-order valence-corrected chi connectivity index (χ4v) is 3.15. The van der Waals surface area contributed by atoms with Crippen LogP contribution in [0.25, 0.3) is 10.9 Å². The minimum absolute atomic E-state index is 0.381. The summed E-state index contributed by atoms with van der Waals surface area (Å²) in [5.41, 5.74) is 2.24. The second kappa shape index (κ2) is 9.68. The first-order valence-electron chi connectivity index (χ1n) is 8.53. The Labute approximate surface area is 139 Å². The van der Waals surface area contributed by atoms with Gasteiger partial charge in [-0.25, -0.2) is 0 Å². The maximum atomic E-state index is 6.24. The van der Waals surface area contributed by atoms with E-state index in [1.807, 2.05) is 12.3 Å². The van der Waals surface area contributed by atoms with Crippen LogP contribution in [0.4, 0.5) is 5.69 Å². The number of nitrogens with one attached hydrogen (secondary N) is 1. The summed E-state index contributed by atoms with van der Waals surface area (Å²) < 4.78 is 0. The lowest BCUT2D eigenvalue weighted by atomic mass is 10.1. The number of anilines is 1. The third-order valence-corrected chi connectivity index (χ3v) is 4.45. The molecule has 0 saturated carbocycles. The molecule has 120 valence electrons. The molecule has 22 heavy (non-hydrogen) atoms. The number of fused-ring (bicyclic) bond motifs is 1. The van der Waals surface area contributed by atoms with Crippen LogP contribution in [0.1, 0.15) is 51.9 Å². The zero-order chi connectivity index (χ0) is 15.6. The summed E-state index contributed by atoms with van der Waals surface area (Å²) in [5, 5.41) is 5.13. The predicted octanol–water partition coefficient (Wildman–Crippen LogP) is 6.00. The van der Waals surface area contributed by atoms with Gasteiger partial charge in [-0.3, -0.25) is 4.98 Å². The molecule has 1 heterocycles. The number of benzene rings is 1. The van der Waals surface area contributed by atoms with Gasteiger partial charge in [0.15, 0.2) is 0 Å². The van der Waals surface area contributed by atoms with Crippen molar-refractivity contribution in [1.82, 2.24) is 4.98 Å². The van der Waals surface area contributed by atoms with Gasteiger partial charge < -0.3 is 5.32 Å².